The zero-order chi connectivity index (χ0) is 26.3. The fraction of sp³-hybridized carbons (Fsp3) is 0.714. The van der Waals surface area contributed by atoms with Crippen LogP contribution in [-0.2, 0) is 19.1 Å². The maximum atomic E-state index is 12.4. The zero-order valence-electron chi connectivity index (χ0n) is 22.0. The summed E-state index contributed by atoms with van der Waals surface area (Å²) in [7, 11) is 0. The monoisotopic (exact) mass is 492 g/mol. The quantitative estimate of drug-likeness (QED) is 0.269. The molecule has 1 fully saturated rings. The first-order valence-electron chi connectivity index (χ1n) is 12.9. The Balaban J connectivity index is 2.05. The number of carbonyl (C=O) groups is 2. The van der Waals surface area contributed by atoms with Crippen molar-refractivity contribution in [1.82, 2.24) is 0 Å². The number of ether oxygens (including phenoxy) is 2. The number of carbonyl (C=O) groups excluding carboxylic acids is 2. The van der Waals surface area contributed by atoms with Crippen LogP contribution >= 0.6 is 0 Å². The molecule has 0 aromatic heterocycles. The number of aliphatic hydroxyl groups excluding tert-OH is 2. The van der Waals surface area contributed by atoms with E-state index in [2.05, 4.69) is 13.0 Å². The maximum absolute atomic E-state index is 12.4. The van der Waals surface area contributed by atoms with Gasteiger partial charge in [-0.25, -0.2) is 0 Å². The normalized spacial score (nSPS) is 35.7. The Hall–Kier alpha value is -1.80. The van der Waals surface area contributed by atoms with Gasteiger partial charge in [-0.3, -0.25) is 9.59 Å². The average molecular weight is 493 g/mol. The Morgan fingerprint density at radius 2 is 2.00 bits per heavy atom. The summed E-state index contributed by atoms with van der Waals surface area (Å²) >= 11 is 0. The summed E-state index contributed by atoms with van der Waals surface area (Å²) in [6.45, 7) is 11.2. The lowest BCUT2D eigenvalue weighted by molar-refractivity contribution is -0.151. The molecule has 9 unspecified atom stereocenters. The number of allylic oxidation sites excluding steroid dienone is 3. The first-order chi connectivity index (χ1) is 16.4. The van der Waals surface area contributed by atoms with Crippen molar-refractivity contribution in [2.24, 2.45) is 17.8 Å². The van der Waals surface area contributed by atoms with Gasteiger partial charge in [0.25, 0.3) is 0 Å². The number of hydrogen-bond donors (Lipinski definition) is 3. The van der Waals surface area contributed by atoms with Gasteiger partial charge in [-0.15, -0.1) is 0 Å². The van der Waals surface area contributed by atoms with Crippen molar-refractivity contribution in [2.45, 2.75) is 110 Å². The van der Waals surface area contributed by atoms with Gasteiger partial charge in [-0.1, -0.05) is 52.0 Å². The molecule has 3 N–H and O–H groups in total. The fourth-order valence-electron chi connectivity index (χ4n) is 4.53. The van der Waals surface area contributed by atoms with Crippen molar-refractivity contribution >= 4 is 11.8 Å². The summed E-state index contributed by atoms with van der Waals surface area (Å²) < 4.78 is 11.5. The Kier molecular flexibility index (Phi) is 10.9. The molecule has 2 heterocycles. The number of rotatable bonds is 8. The van der Waals surface area contributed by atoms with Gasteiger partial charge in [0.2, 0.25) is 0 Å². The van der Waals surface area contributed by atoms with Crippen LogP contribution in [0.3, 0.4) is 0 Å². The van der Waals surface area contributed by atoms with Crippen LogP contribution < -0.4 is 0 Å². The average Bonchev–Trinajstić information content (AvgIpc) is 3.56. The van der Waals surface area contributed by atoms with Crippen molar-refractivity contribution < 1.29 is 34.4 Å². The maximum Gasteiger partial charge on any atom is 0.309 e. The second-order valence-corrected chi connectivity index (χ2v) is 10.6. The lowest BCUT2D eigenvalue weighted by atomic mass is 9.90. The van der Waals surface area contributed by atoms with Gasteiger partial charge in [0.15, 0.2) is 5.78 Å². The van der Waals surface area contributed by atoms with Gasteiger partial charge in [0, 0.05) is 11.8 Å². The molecule has 198 valence electrons. The number of aliphatic hydroxyl groups is 3. The molecule has 0 aliphatic carbocycles. The smallest absolute Gasteiger partial charge is 0.309 e. The molecule has 0 amide bonds. The van der Waals surface area contributed by atoms with Crippen molar-refractivity contribution in [3.63, 3.8) is 0 Å². The third kappa shape index (κ3) is 8.98. The van der Waals surface area contributed by atoms with Crippen molar-refractivity contribution in [3.05, 3.63) is 36.0 Å². The number of esters is 1. The molecule has 0 aromatic carbocycles. The van der Waals surface area contributed by atoms with Gasteiger partial charge in [0.1, 0.15) is 11.7 Å². The predicted molar refractivity (Wildman–Crippen MR) is 134 cm³/mol. The molecule has 2 aliphatic heterocycles. The summed E-state index contributed by atoms with van der Waals surface area (Å²) in [6, 6.07) is 0. The largest absolute Gasteiger partial charge is 0.457 e. The van der Waals surface area contributed by atoms with Crippen LogP contribution in [0.2, 0.25) is 0 Å². The van der Waals surface area contributed by atoms with E-state index in [0.717, 1.165) is 18.4 Å². The van der Waals surface area contributed by atoms with Crippen LogP contribution in [0.1, 0.15) is 73.6 Å². The third-order valence-corrected chi connectivity index (χ3v) is 7.20. The van der Waals surface area contributed by atoms with Crippen LogP contribution in [0, 0.1) is 17.8 Å². The SMILES string of the molecule is CCC(O)C(C)C1OC1CC(C)C=CC=C(C)C1OC(=O)CC(O)CCC(C)(O)C(=O)C=CC1C. The van der Waals surface area contributed by atoms with Gasteiger partial charge in [-0.05, 0) is 57.1 Å². The molecule has 7 heteroatoms. The lowest BCUT2D eigenvalue weighted by Gasteiger charge is -2.26. The van der Waals surface area contributed by atoms with E-state index in [1.54, 1.807) is 6.08 Å². The first-order valence-corrected chi connectivity index (χ1v) is 12.9. The minimum absolute atomic E-state index is 0.0646. The number of epoxide rings is 1. The molecule has 0 bridgehead atoms. The molecule has 7 nitrogen and oxygen atoms in total. The molecule has 0 saturated carbocycles. The van der Waals surface area contributed by atoms with Crippen molar-refractivity contribution in [1.29, 1.82) is 0 Å². The van der Waals surface area contributed by atoms with Gasteiger partial charge < -0.3 is 24.8 Å². The summed E-state index contributed by atoms with van der Waals surface area (Å²) in [6.07, 6.45) is 8.84. The van der Waals surface area contributed by atoms with Gasteiger partial charge in [-0.2, -0.15) is 0 Å². The van der Waals surface area contributed by atoms with E-state index in [-0.39, 0.29) is 55.3 Å². The van der Waals surface area contributed by atoms with E-state index in [0.29, 0.717) is 0 Å². The summed E-state index contributed by atoms with van der Waals surface area (Å²) in [5, 5.41) is 30.6. The van der Waals surface area contributed by atoms with Crippen LogP contribution in [0.5, 0.6) is 0 Å². The highest BCUT2D eigenvalue weighted by Crippen LogP contribution is 2.36. The molecule has 1 saturated heterocycles. The second-order valence-electron chi connectivity index (χ2n) is 10.6. The Morgan fingerprint density at radius 3 is 2.66 bits per heavy atom. The van der Waals surface area contributed by atoms with E-state index in [4.69, 9.17) is 9.47 Å². The minimum atomic E-state index is -1.59. The topological polar surface area (TPSA) is 117 Å². The Labute approximate surface area is 209 Å². The summed E-state index contributed by atoms with van der Waals surface area (Å²) in [5.74, 6) is -0.850. The zero-order valence-corrected chi connectivity index (χ0v) is 22.0. The molecule has 2 aliphatic rings. The molecular formula is C28H44O7. The van der Waals surface area contributed by atoms with Crippen molar-refractivity contribution in [3.8, 4) is 0 Å². The highest BCUT2D eigenvalue weighted by atomic mass is 16.6. The Morgan fingerprint density at radius 1 is 1.31 bits per heavy atom. The standard InChI is InChI=1S/C28H44O7/c1-7-22(30)20(5)27-23(34-27)15-17(2)9-8-10-18(3)26-19(4)11-12-24(31)28(6,33)14-13-21(29)16-25(32)35-26/h8-12,17,19-23,26-27,29-30,33H,7,13-16H2,1-6H3. The van der Waals surface area contributed by atoms with E-state index >= 15 is 0 Å². The van der Waals surface area contributed by atoms with Gasteiger partial charge >= 0.3 is 5.97 Å². The molecule has 0 aromatic rings. The molecule has 0 spiro atoms. The Bertz CT molecular complexity index is 812. The van der Waals surface area contributed by atoms with Gasteiger partial charge in [0.05, 0.1) is 30.8 Å². The molecule has 9 atom stereocenters. The fourth-order valence-corrected chi connectivity index (χ4v) is 4.53. The summed E-state index contributed by atoms with van der Waals surface area (Å²) in [5.41, 5.74) is -0.777. The predicted octanol–water partition coefficient (Wildman–Crippen LogP) is 3.66. The van der Waals surface area contributed by atoms with Crippen LogP contribution in [-0.4, -0.2) is 63.2 Å². The third-order valence-electron chi connectivity index (χ3n) is 7.20. The molecule has 0 radical (unpaired) electrons. The number of ketones is 1. The van der Waals surface area contributed by atoms with Crippen LogP contribution in [0.25, 0.3) is 0 Å². The minimum Gasteiger partial charge on any atom is -0.457 e. The van der Waals surface area contributed by atoms with Crippen LogP contribution in [0.15, 0.2) is 36.0 Å². The lowest BCUT2D eigenvalue weighted by Crippen LogP contribution is -2.36. The molecule has 2 rings (SSSR count). The van der Waals surface area contributed by atoms with Crippen molar-refractivity contribution in [2.75, 3.05) is 0 Å². The first kappa shape index (κ1) is 29.4. The highest BCUT2D eigenvalue weighted by Gasteiger charge is 2.44. The highest BCUT2D eigenvalue weighted by molar-refractivity contribution is 5.96. The number of hydrogen-bond acceptors (Lipinski definition) is 7. The second kappa shape index (κ2) is 12.9. The number of cyclic esters (lactones) is 1. The van der Waals surface area contributed by atoms with E-state index in [1.807, 2.05) is 39.8 Å². The molecular weight excluding hydrogens is 448 g/mol. The van der Waals surface area contributed by atoms with Crippen LogP contribution in [0.4, 0.5) is 0 Å². The summed E-state index contributed by atoms with van der Waals surface area (Å²) in [4.78, 5) is 24.9. The van der Waals surface area contributed by atoms with E-state index < -0.39 is 29.6 Å². The van der Waals surface area contributed by atoms with E-state index in [9.17, 15) is 24.9 Å². The van der Waals surface area contributed by atoms with E-state index in [1.165, 1.54) is 13.0 Å². The molecule has 35 heavy (non-hydrogen) atoms.